The van der Waals surface area contributed by atoms with E-state index in [0.29, 0.717) is 0 Å². The van der Waals surface area contributed by atoms with Crippen LogP contribution in [0.15, 0.2) is 18.2 Å². The maximum atomic E-state index is 10.4. The molecule has 0 amide bonds. The lowest BCUT2D eigenvalue weighted by Crippen LogP contribution is -1.91. The van der Waals surface area contributed by atoms with E-state index >= 15 is 0 Å². The molecule has 0 spiro atoms. The lowest BCUT2D eigenvalue weighted by atomic mass is 10.2. The Kier molecular flexibility index (Phi) is 2.87. The van der Waals surface area contributed by atoms with Crippen molar-refractivity contribution in [1.82, 2.24) is 0 Å². The smallest absolute Gasteiger partial charge is 0.151 e. The van der Waals surface area contributed by atoms with Gasteiger partial charge in [-0.25, -0.2) is 0 Å². The second kappa shape index (κ2) is 3.71. The fourth-order valence-electron chi connectivity index (χ4n) is 0.778. The molecule has 1 aromatic rings. The van der Waals surface area contributed by atoms with E-state index in [9.17, 15) is 4.79 Å². The highest BCUT2D eigenvalue weighted by Crippen LogP contribution is 2.15. The molecule has 1 rings (SSSR count). The van der Waals surface area contributed by atoms with Crippen molar-refractivity contribution in [3.8, 4) is 0 Å². The largest absolute Gasteiger partial charge is 0.388 e. The molecule has 0 aliphatic rings. The van der Waals surface area contributed by atoms with Crippen LogP contribution in [0.1, 0.15) is 10.4 Å². The van der Waals surface area contributed by atoms with Gasteiger partial charge in [0.25, 0.3) is 0 Å². The SMILES string of the molecule is CNc1ccc(C=O)c(I)c1. The van der Waals surface area contributed by atoms with Gasteiger partial charge in [-0.1, -0.05) is 0 Å². The third kappa shape index (κ3) is 1.92. The molecule has 3 heteroatoms. The van der Waals surface area contributed by atoms with Crippen molar-refractivity contribution in [3.05, 3.63) is 27.3 Å². The van der Waals surface area contributed by atoms with E-state index < -0.39 is 0 Å². The first kappa shape index (κ1) is 8.52. The van der Waals surface area contributed by atoms with E-state index in [-0.39, 0.29) is 0 Å². The highest BCUT2D eigenvalue weighted by atomic mass is 127. The van der Waals surface area contributed by atoms with Crippen molar-refractivity contribution in [3.63, 3.8) is 0 Å². The van der Waals surface area contributed by atoms with E-state index in [4.69, 9.17) is 0 Å². The highest BCUT2D eigenvalue weighted by Gasteiger charge is 1.97. The van der Waals surface area contributed by atoms with Crippen molar-refractivity contribution < 1.29 is 4.79 Å². The van der Waals surface area contributed by atoms with Gasteiger partial charge in [-0.05, 0) is 40.8 Å². The minimum absolute atomic E-state index is 0.740. The molecular weight excluding hydrogens is 253 g/mol. The number of anilines is 1. The number of hydrogen-bond acceptors (Lipinski definition) is 2. The lowest BCUT2D eigenvalue weighted by molar-refractivity contribution is 0.112. The molecule has 11 heavy (non-hydrogen) atoms. The third-order valence-electron chi connectivity index (χ3n) is 1.42. The molecule has 0 saturated carbocycles. The summed E-state index contributed by atoms with van der Waals surface area (Å²) in [7, 11) is 1.85. The van der Waals surface area contributed by atoms with Gasteiger partial charge in [0, 0.05) is 21.9 Å². The van der Waals surface area contributed by atoms with E-state index in [0.717, 1.165) is 21.1 Å². The van der Waals surface area contributed by atoms with Crippen LogP contribution in [0.4, 0.5) is 5.69 Å². The van der Waals surface area contributed by atoms with Crippen LogP contribution in [0.25, 0.3) is 0 Å². The molecule has 1 aromatic carbocycles. The van der Waals surface area contributed by atoms with Crippen LogP contribution in [0.3, 0.4) is 0 Å². The zero-order valence-corrected chi connectivity index (χ0v) is 8.25. The van der Waals surface area contributed by atoms with Crippen LogP contribution in [-0.2, 0) is 0 Å². The van der Waals surface area contributed by atoms with Gasteiger partial charge in [0.15, 0.2) is 6.29 Å². The summed E-state index contributed by atoms with van der Waals surface area (Å²) in [6.45, 7) is 0. The maximum absolute atomic E-state index is 10.4. The second-order valence-electron chi connectivity index (χ2n) is 2.10. The standard InChI is InChI=1S/C8H8INO/c1-10-7-3-2-6(5-11)8(9)4-7/h2-5,10H,1H3. The Morgan fingerprint density at radius 3 is 2.73 bits per heavy atom. The Morgan fingerprint density at radius 1 is 1.55 bits per heavy atom. The minimum atomic E-state index is 0.740. The van der Waals surface area contributed by atoms with Crippen LogP contribution in [0, 0.1) is 3.57 Å². The molecule has 0 unspecified atom stereocenters. The van der Waals surface area contributed by atoms with Crippen LogP contribution in [-0.4, -0.2) is 13.3 Å². The number of hydrogen-bond donors (Lipinski definition) is 1. The van der Waals surface area contributed by atoms with Crippen molar-refractivity contribution in [2.75, 3.05) is 12.4 Å². The predicted octanol–water partition coefficient (Wildman–Crippen LogP) is 2.15. The first-order valence-corrected chi connectivity index (χ1v) is 4.28. The Bertz CT molecular complexity index is 273. The lowest BCUT2D eigenvalue weighted by Gasteiger charge is -2.01. The average molecular weight is 261 g/mol. The molecule has 58 valence electrons. The number of benzene rings is 1. The quantitative estimate of drug-likeness (QED) is 0.652. The molecule has 0 atom stereocenters. The number of carbonyl (C=O) groups is 1. The number of aldehydes is 1. The average Bonchev–Trinajstić information content (AvgIpc) is 2.04. The van der Waals surface area contributed by atoms with E-state index in [1.54, 1.807) is 6.07 Å². The number of halogens is 1. The van der Waals surface area contributed by atoms with E-state index in [2.05, 4.69) is 27.9 Å². The molecule has 0 fully saturated rings. The zero-order valence-electron chi connectivity index (χ0n) is 6.10. The molecule has 1 N–H and O–H groups in total. The maximum Gasteiger partial charge on any atom is 0.151 e. The summed E-state index contributed by atoms with van der Waals surface area (Å²) in [6, 6.07) is 5.62. The molecular formula is C8H8INO. The van der Waals surface area contributed by atoms with Crippen LogP contribution in [0.5, 0.6) is 0 Å². The van der Waals surface area contributed by atoms with E-state index in [1.807, 2.05) is 19.2 Å². The first-order chi connectivity index (χ1) is 5.27. The topological polar surface area (TPSA) is 29.1 Å². The molecule has 0 radical (unpaired) electrons. The summed E-state index contributed by atoms with van der Waals surface area (Å²) in [5.41, 5.74) is 1.77. The molecule has 0 aliphatic heterocycles. The Hall–Kier alpha value is -0.580. The van der Waals surface area contributed by atoms with Crippen LogP contribution < -0.4 is 5.32 Å². The van der Waals surface area contributed by atoms with Gasteiger partial charge in [-0.2, -0.15) is 0 Å². The fourth-order valence-corrected chi connectivity index (χ4v) is 1.42. The van der Waals surface area contributed by atoms with E-state index in [1.165, 1.54) is 0 Å². The number of nitrogens with one attached hydrogen (secondary N) is 1. The van der Waals surface area contributed by atoms with Gasteiger partial charge < -0.3 is 5.32 Å². The Morgan fingerprint density at radius 2 is 2.27 bits per heavy atom. The third-order valence-corrected chi connectivity index (χ3v) is 2.35. The second-order valence-corrected chi connectivity index (χ2v) is 3.27. The first-order valence-electron chi connectivity index (χ1n) is 3.20. The van der Waals surface area contributed by atoms with Gasteiger partial charge in [0.2, 0.25) is 0 Å². The van der Waals surface area contributed by atoms with Gasteiger partial charge in [-0.3, -0.25) is 4.79 Å². The van der Waals surface area contributed by atoms with Gasteiger partial charge in [0.05, 0.1) is 0 Å². The van der Waals surface area contributed by atoms with Gasteiger partial charge >= 0.3 is 0 Å². The Labute approximate surface area is 79.1 Å². The molecule has 0 heterocycles. The van der Waals surface area contributed by atoms with Crippen molar-refractivity contribution >= 4 is 34.6 Å². The highest BCUT2D eigenvalue weighted by molar-refractivity contribution is 14.1. The van der Waals surface area contributed by atoms with Crippen molar-refractivity contribution in [2.24, 2.45) is 0 Å². The van der Waals surface area contributed by atoms with Gasteiger partial charge in [-0.15, -0.1) is 0 Å². The van der Waals surface area contributed by atoms with Crippen LogP contribution >= 0.6 is 22.6 Å². The molecule has 0 bridgehead atoms. The summed E-state index contributed by atoms with van der Waals surface area (Å²) in [4.78, 5) is 10.4. The summed E-state index contributed by atoms with van der Waals surface area (Å²) in [5, 5.41) is 3.00. The number of carbonyl (C=O) groups excluding carboxylic acids is 1. The van der Waals surface area contributed by atoms with Crippen molar-refractivity contribution in [2.45, 2.75) is 0 Å². The monoisotopic (exact) mass is 261 g/mol. The molecule has 0 saturated heterocycles. The summed E-state index contributed by atoms with van der Waals surface area (Å²) in [6.07, 6.45) is 0.862. The zero-order chi connectivity index (χ0) is 8.27. The molecule has 0 aliphatic carbocycles. The summed E-state index contributed by atoms with van der Waals surface area (Å²) in [5.74, 6) is 0. The minimum Gasteiger partial charge on any atom is -0.388 e. The number of rotatable bonds is 2. The summed E-state index contributed by atoms with van der Waals surface area (Å²) < 4.78 is 0.976. The van der Waals surface area contributed by atoms with Crippen molar-refractivity contribution in [1.29, 1.82) is 0 Å². The van der Waals surface area contributed by atoms with Gasteiger partial charge in [0.1, 0.15) is 0 Å². The predicted molar refractivity (Wildman–Crippen MR) is 54.1 cm³/mol. The summed E-state index contributed by atoms with van der Waals surface area (Å²) >= 11 is 2.14. The Balaban J connectivity index is 3.09. The normalized spacial score (nSPS) is 9.27. The molecule has 2 nitrogen and oxygen atoms in total. The van der Waals surface area contributed by atoms with Crippen LogP contribution in [0.2, 0.25) is 0 Å². The fraction of sp³-hybridized carbons (Fsp3) is 0.125. The molecule has 0 aromatic heterocycles.